The Labute approximate surface area is 181 Å². The molecular weight excluding hydrogens is 400 g/mol. The Bertz CT molecular complexity index is 1000. The van der Waals surface area contributed by atoms with E-state index >= 15 is 0 Å². The fourth-order valence-electron chi connectivity index (χ4n) is 3.52. The van der Waals surface area contributed by atoms with E-state index in [1.54, 1.807) is 11.0 Å². The summed E-state index contributed by atoms with van der Waals surface area (Å²) in [6.45, 7) is 3.99. The van der Waals surface area contributed by atoms with E-state index in [4.69, 9.17) is 21.3 Å². The Morgan fingerprint density at radius 2 is 1.77 bits per heavy atom. The van der Waals surface area contributed by atoms with E-state index < -0.39 is 0 Å². The minimum atomic E-state index is -0.303. The number of rotatable bonds is 4. The van der Waals surface area contributed by atoms with Gasteiger partial charge in [-0.3, -0.25) is 0 Å². The highest BCUT2D eigenvalue weighted by atomic mass is 35.5. The summed E-state index contributed by atoms with van der Waals surface area (Å²) in [5.74, 6) is 0.575. The van der Waals surface area contributed by atoms with Crippen molar-refractivity contribution in [2.75, 3.05) is 24.5 Å². The zero-order chi connectivity index (χ0) is 20.9. The van der Waals surface area contributed by atoms with Crippen molar-refractivity contribution in [3.05, 3.63) is 77.4 Å². The molecule has 1 aromatic heterocycles. The lowest BCUT2D eigenvalue weighted by molar-refractivity contribution is 0.0897. The third-order valence-electron chi connectivity index (χ3n) is 5.10. The molecular formula is C23H23ClN4O2. The highest BCUT2D eigenvalue weighted by molar-refractivity contribution is 6.29. The predicted octanol–water partition coefficient (Wildman–Crippen LogP) is 4.64. The van der Waals surface area contributed by atoms with Crippen LogP contribution >= 0.6 is 11.6 Å². The van der Waals surface area contributed by atoms with Crippen molar-refractivity contribution in [2.45, 2.75) is 19.6 Å². The standard InChI is InChI=1S/C23H23ClN4O2/c1-17-15-27(23(29)30-16-18-8-4-2-5-9-18)12-13-28(17)22-25-20(14-21(24)26-22)19-10-6-3-7-11-19/h2-11,14,17H,12-13,15-16H2,1H3/t17-/m0/s1. The zero-order valence-electron chi connectivity index (χ0n) is 16.7. The van der Waals surface area contributed by atoms with Crippen LogP contribution in [-0.4, -0.2) is 46.6 Å². The molecule has 0 N–H and O–H groups in total. The molecule has 1 amide bonds. The van der Waals surface area contributed by atoms with Crippen LogP contribution in [0.25, 0.3) is 11.3 Å². The summed E-state index contributed by atoms with van der Waals surface area (Å²) < 4.78 is 5.47. The van der Waals surface area contributed by atoms with E-state index in [1.165, 1.54) is 0 Å². The first kappa shape index (κ1) is 20.2. The van der Waals surface area contributed by atoms with E-state index in [0.717, 1.165) is 16.8 Å². The van der Waals surface area contributed by atoms with Crippen LogP contribution in [0.15, 0.2) is 66.7 Å². The first-order chi connectivity index (χ1) is 14.6. The fourth-order valence-corrected chi connectivity index (χ4v) is 3.70. The van der Waals surface area contributed by atoms with E-state index in [0.29, 0.717) is 30.7 Å². The van der Waals surface area contributed by atoms with Gasteiger partial charge in [-0.25, -0.2) is 14.8 Å². The van der Waals surface area contributed by atoms with Crippen LogP contribution in [-0.2, 0) is 11.3 Å². The molecule has 1 fully saturated rings. The number of ether oxygens (including phenoxy) is 1. The summed E-state index contributed by atoms with van der Waals surface area (Å²) >= 11 is 6.28. The number of benzene rings is 2. The second-order valence-corrected chi connectivity index (χ2v) is 7.66. The molecule has 7 heteroatoms. The molecule has 1 atom stereocenters. The topological polar surface area (TPSA) is 58.6 Å². The van der Waals surface area contributed by atoms with Gasteiger partial charge in [0.05, 0.1) is 5.69 Å². The number of carbonyl (C=O) groups is 1. The molecule has 154 valence electrons. The van der Waals surface area contributed by atoms with Crippen molar-refractivity contribution in [1.82, 2.24) is 14.9 Å². The number of halogens is 1. The number of piperazine rings is 1. The van der Waals surface area contributed by atoms with Gasteiger partial charge in [0, 0.05) is 37.3 Å². The Morgan fingerprint density at radius 1 is 1.07 bits per heavy atom. The second kappa shape index (κ2) is 9.13. The maximum absolute atomic E-state index is 12.5. The van der Waals surface area contributed by atoms with Crippen LogP contribution < -0.4 is 4.90 Å². The fraction of sp³-hybridized carbons (Fsp3) is 0.261. The number of nitrogens with zero attached hydrogens (tertiary/aromatic N) is 4. The molecule has 3 aromatic rings. The monoisotopic (exact) mass is 422 g/mol. The zero-order valence-corrected chi connectivity index (χ0v) is 17.5. The van der Waals surface area contributed by atoms with Crippen molar-refractivity contribution in [3.8, 4) is 11.3 Å². The molecule has 0 unspecified atom stereocenters. The van der Waals surface area contributed by atoms with Crippen molar-refractivity contribution in [1.29, 1.82) is 0 Å². The summed E-state index contributed by atoms with van der Waals surface area (Å²) in [6, 6.07) is 21.4. The summed E-state index contributed by atoms with van der Waals surface area (Å²) in [7, 11) is 0. The van der Waals surface area contributed by atoms with Crippen molar-refractivity contribution < 1.29 is 9.53 Å². The lowest BCUT2D eigenvalue weighted by Gasteiger charge is -2.39. The maximum atomic E-state index is 12.5. The molecule has 1 saturated heterocycles. The molecule has 0 aliphatic carbocycles. The van der Waals surface area contributed by atoms with E-state index in [-0.39, 0.29) is 18.7 Å². The summed E-state index contributed by atoms with van der Waals surface area (Å²) in [5, 5.41) is 0.399. The predicted molar refractivity (Wildman–Crippen MR) is 117 cm³/mol. The molecule has 1 aliphatic heterocycles. The minimum absolute atomic E-state index is 0.0325. The number of carbonyl (C=O) groups excluding carboxylic acids is 1. The highest BCUT2D eigenvalue weighted by Gasteiger charge is 2.29. The first-order valence-corrected chi connectivity index (χ1v) is 10.3. The van der Waals surface area contributed by atoms with E-state index in [1.807, 2.05) is 67.6 Å². The molecule has 30 heavy (non-hydrogen) atoms. The van der Waals surface area contributed by atoms with Gasteiger partial charge in [0.2, 0.25) is 5.95 Å². The molecule has 2 aromatic carbocycles. The Hall–Kier alpha value is -3.12. The van der Waals surface area contributed by atoms with Gasteiger partial charge in [-0.1, -0.05) is 72.3 Å². The maximum Gasteiger partial charge on any atom is 0.410 e. The largest absolute Gasteiger partial charge is 0.445 e. The lowest BCUT2D eigenvalue weighted by atomic mass is 10.1. The third kappa shape index (κ3) is 4.71. The van der Waals surface area contributed by atoms with E-state index in [2.05, 4.69) is 9.88 Å². The lowest BCUT2D eigenvalue weighted by Crippen LogP contribution is -2.54. The van der Waals surface area contributed by atoms with Crippen LogP contribution in [0.1, 0.15) is 12.5 Å². The van der Waals surface area contributed by atoms with Crippen molar-refractivity contribution >= 4 is 23.6 Å². The molecule has 1 aliphatic rings. The van der Waals surface area contributed by atoms with Crippen LogP contribution in [0.5, 0.6) is 0 Å². The van der Waals surface area contributed by atoms with Crippen LogP contribution in [0.2, 0.25) is 5.15 Å². The molecule has 0 saturated carbocycles. The van der Waals surface area contributed by atoms with Crippen molar-refractivity contribution in [3.63, 3.8) is 0 Å². The van der Waals surface area contributed by atoms with Gasteiger partial charge >= 0.3 is 6.09 Å². The number of amides is 1. The van der Waals surface area contributed by atoms with E-state index in [9.17, 15) is 4.79 Å². The summed E-state index contributed by atoms with van der Waals surface area (Å²) in [5.41, 5.74) is 2.74. The van der Waals surface area contributed by atoms with Gasteiger partial charge in [0.25, 0.3) is 0 Å². The molecule has 2 heterocycles. The smallest absolute Gasteiger partial charge is 0.410 e. The second-order valence-electron chi connectivity index (χ2n) is 7.27. The van der Waals surface area contributed by atoms with Crippen LogP contribution in [0.4, 0.5) is 10.7 Å². The minimum Gasteiger partial charge on any atom is -0.445 e. The van der Waals surface area contributed by atoms with Gasteiger partial charge in [-0.2, -0.15) is 0 Å². The number of aromatic nitrogens is 2. The molecule has 0 spiro atoms. The third-order valence-corrected chi connectivity index (χ3v) is 5.29. The molecule has 0 radical (unpaired) electrons. The molecule has 0 bridgehead atoms. The van der Waals surface area contributed by atoms with Gasteiger partial charge < -0.3 is 14.5 Å². The van der Waals surface area contributed by atoms with Crippen molar-refractivity contribution in [2.24, 2.45) is 0 Å². The van der Waals surface area contributed by atoms with Crippen LogP contribution in [0, 0.1) is 0 Å². The average molecular weight is 423 g/mol. The Kier molecular flexibility index (Phi) is 6.14. The average Bonchev–Trinajstić information content (AvgIpc) is 2.78. The Morgan fingerprint density at radius 3 is 2.47 bits per heavy atom. The van der Waals surface area contributed by atoms with Crippen LogP contribution in [0.3, 0.4) is 0 Å². The van der Waals surface area contributed by atoms with Gasteiger partial charge in [-0.05, 0) is 12.5 Å². The van der Waals surface area contributed by atoms with Gasteiger partial charge in [0.1, 0.15) is 11.8 Å². The van der Waals surface area contributed by atoms with Gasteiger partial charge in [0.15, 0.2) is 0 Å². The Balaban J connectivity index is 1.42. The summed E-state index contributed by atoms with van der Waals surface area (Å²) in [4.78, 5) is 25.4. The number of anilines is 1. The van der Waals surface area contributed by atoms with Gasteiger partial charge in [-0.15, -0.1) is 0 Å². The first-order valence-electron chi connectivity index (χ1n) is 9.92. The molecule has 6 nitrogen and oxygen atoms in total. The normalized spacial score (nSPS) is 16.4. The molecule has 4 rings (SSSR count). The summed E-state index contributed by atoms with van der Waals surface area (Å²) in [6.07, 6.45) is -0.303. The SMILES string of the molecule is C[C@H]1CN(C(=O)OCc2ccccc2)CCN1c1nc(Cl)cc(-c2ccccc2)n1. The quantitative estimate of drug-likeness (QED) is 0.573. The number of hydrogen-bond donors (Lipinski definition) is 0. The highest BCUT2D eigenvalue weighted by Crippen LogP contribution is 2.25. The number of hydrogen-bond acceptors (Lipinski definition) is 5.